The molecular weight excluding hydrogens is 236 g/mol. The zero-order valence-electron chi connectivity index (χ0n) is 10.8. The van der Waals surface area contributed by atoms with Crippen LogP contribution in [0.15, 0.2) is 36.4 Å². The van der Waals surface area contributed by atoms with Crippen molar-refractivity contribution in [2.45, 2.75) is 12.8 Å². The van der Waals surface area contributed by atoms with E-state index in [-0.39, 0.29) is 5.97 Å². The first-order valence-electron chi connectivity index (χ1n) is 6.05. The Hall–Kier alpha value is -2.45. The fourth-order valence-electron chi connectivity index (χ4n) is 1.79. The minimum absolute atomic E-state index is 0.343. The lowest BCUT2D eigenvalue weighted by Gasteiger charge is -2.22. The highest BCUT2D eigenvalue weighted by Crippen LogP contribution is 2.30. The first-order valence-corrected chi connectivity index (χ1v) is 6.05. The summed E-state index contributed by atoms with van der Waals surface area (Å²) in [7, 11) is 1.36. The van der Waals surface area contributed by atoms with E-state index in [1.807, 2.05) is 0 Å². The van der Waals surface area contributed by atoms with Gasteiger partial charge in [-0.3, -0.25) is 0 Å². The number of carbonyl (C=O) groups excluding carboxylic acids is 1. The number of esters is 1. The Kier molecular flexibility index (Phi) is 4.06. The number of benzene rings is 1. The highest BCUT2D eigenvalue weighted by atomic mass is 16.5. The van der Waals surface area contributed by atoms with Crippen LogP contribution in [-0.2, 0) is 4.74 Å². The molecule has 1 saturated carbocycles. The molecule has 0 unspecified atom stereocenters. The van der Waals surface area contributed by atoms with Crippen molar-refractivity contribution in [2.75, 3.05) is 7.11 Å². The van der Waals surface area contributed by atoms with E-state index in [0.29, 0.717) is 11.5 Å². The maximum absolute atomic E-state index is 11.2. The Bertz CT molecular complexity index is 607. The molecular formula is C17H14O2. The molecule has 1 aliphatic carbocycles. The summed E-state index contributed by atoms with van der Waals surface area (Å²) in [6.07, 6.45) is 2.00. The van der Waals surface area contributed by atoms with Gasteiger partial charge >= 0.3 is 5.97 Å². The summed E-state index contributed by atoms with van der Waals surface area (Å²) in [5, 5.41) is 0. The van der Waals surface area contributed by atoms with E-state index >= 15 is 0 Å². The fraction of sp³-hybridized carbons (Fsp3) is 0.235. The molecule has 94 valence electrons. The lowest BCUT2D eigenvalue weighted by Crippen LogP contribution is -2.10. The van der Waals surface area contributed by atoms with Crippen molar-refractivity contribution in [3.05, 3.63) is 47.5 Å². The van der Waals surface area contributed by atoms with E-state index in [2.05, 4.69) is 35.0 Å². The van der Waals surface area contributed by atoms with E-state index in [0.717, 1.165) is 18.4 Å². The van der Waals surface area contributed by atoms with Crippen molar-refractivity contribution < 1.29 is 9.53 Å². The topological polar surface area (TPSA) is 26.3 Å². The van der Waals surface area contributed by atoms with Crippen molar-refractivity contribution >= 4 is 5.97 Å². The second-order valence-corrected chi connectivity index (χ2v) is 4.44. The number of rotatable bonds is 1. The number of hydrogen-bond acceptors (Lipinski definition) is 2. The lowest BCUT2D eigenvalue weighted by atomic mass is 9.82. The molecule has 0 amide bonds. The van der Waals surface area contributed by atoms with Gasteiger partial charge in [-0.15, -0.1) is 0 Å². The minimum atomic E-state index is -0.343. The van der Waals surface area contributed by atoms with Crippen molar-refractivity contribution in [3.8, 4) is 23.7 Å². The van der Waals surface area contributed by atoms with Gasteiger partial charge in [0.05, 0.1) is 12.7 Å². The van der Waals surface area contributed by atoms with Crippen LogP contribution in [0.25, 0.3) is 0 Å². The number of carbonyl (C=O) groups is 1. The predicted molar refractivity (Wildman–Crippen MR) is 74.3 cm³/mol. The van der Waals surface area contributed by atoms with Crippen LogP contribution < -0.4 is 0 Å². The summed E-state index contributed by atoms with van der Waals surface area (Å²) in [5.74, 6) is 11.8. The average Bonchev–Trinajstić information content (AvgIpc) is 2.41. The minimum Gasteiger partial charge on any atom is -0.465 e. The lowest BCUT2D eigenvalue weighted by molar-refractivity contribution is 0.0601. The van der Waals surface area contributed by atoms with E-state index in [1.165, 1.54) is 12.7 Å². The van der Waals surface area contributed by atoms with Crippen molar-refractivity contribution in [1.82, 2.24) is 0 Å². The standard InChI is InChI=1S/C17H14O2/c1-13-11-15(12-13)6-4-3-5-14-7-9-16(10-8-14)17(18)19-2/h7-10,15H,1,11-12H2,2H3. The van der Waals surface area contributed by atoms with Crippen LogP contribution in [0.1, 0.15) is 28.8 Å². The van der Waals surface area contributed by atoms with Crippen LogP contribution in [0.4, 0.5) is 0 Å². The SMILES string of the molecule is C=C1CC(C#CC#Cc2ccc(C(=O)OC)cc2)C1. The Morgan fingerprint density at radius 3 is 2.53 bits per heavy atom. The molecule has 1 aliphatic rings. The monoisotopic (exact) mass is 250 g/mol. The molecule has 2 rings (SSSR count). The third-order valence-corrected chi connectivity index (χ3v) is 2.92. The van der Waals surface area contributed by atoms with Crippen LogP contribution in [0.2, 0.25) is 0 Å². The van der Waals surface area contributed by atoms with Gasteiger partial charge in [-0.25, -0.2) is 4.79 Å². The molecule has 1 fully saturated rings. The molecule has 0 atom stereocenters. The Balaban J connectivity index is 1.96. The molecule has 0 saturated heterocycles. The molecule has 2 nitrogen and oxygen atoms in total. The molecule has 2 heteroatoms. The van der Waals surface area contributed by atoms with Gasteiger partial charge in [-0.1, -0.05) is 24.0 Å². The zero-order chi connectivity index (χ0) is 13.7. The van der Waals surface area contributed by atoms with Crippen LogP contribution in [0.5, 0.6) is 0 Å². The molecule has 0 radical (unpaired) electrons. The normalized spacial score (nSPS) is 13.4. The summed E-state index contributed by atoms with van der Waals surface area (Å²) in [4.78, 5) is 11.2. The Labute approximate surface area is 113 Å². The van der Waals surface area contributed by atoms with Crippen LogP contribution >= 0.6 is 0 Å². The molecule has 0 N–H and O–H groups in total. The quantitative estimate of drug-likeness (QED) is 0.435. The van der Waals surface area contributed by atoms with Gasteiger partial charge in [0.2, 0.25) is 0 Å². The van der Waals surface area contributed by atoms with Gasteiger partial charge in [0, 0.05) is 11.5 Å². The summed E-state index contributed by atoms with van der Waals surface area (Å²) in [5.41, 5.74) is 2.62. The summed E-state index contributed by atoms with van der Waals surface area (Å²) < 4.78 is 4.62. The molecule has 1 aromatic carbocycles. The number of hydrogen-bond donors (Lipinski definition) is 0. The Morgan fingerprint density at radius 1 is 1.26 bits per heavy atom. The average molecular weight is 250 g/mol. The highest BCUT2D eigenvalue weighted by Gasteiger charge is 2.18. The van der Waals surface area contributed by atoms with Crippen LogP contribution in [-0.4, -0.2) is 13.1 Å². The number of ether oxygens (including phenoxy) is 1. The van der Waals surface area contributed by atoms with Gasteiger partial charge in [0.15, 0.2) is 0 Å². The van der Waals surface area contributed by atoms with Crippen molar-refractivity contribution in [1.29, 1.82) is 0 Å². The molecule has 0 bridgehead atoms. The first kappa shape index (κ1) is 13.0. The van der Waals surface area contributed by atoms with Gasteiger partial charge in [0.1, 0.15) is 0 Å². The molecule has 0 heterocycles. The smallest absolute Gasteiger partial charge is 0.337 e. The summed E-state index contributed by atoms with van der Waals surface area (Å²) in [6.45, 7) is 3.87. The van der Waals surface area contributed by atoms with Crippen molar-refractivity contribution in [2.24, 2.45) is 5.92 Å². The van der Waals surface area contributed by atoms with Crippen LogP contribution in [0, 0.1) is 29.6 Å². The van der Waals surface area contributed by atoms with Gasteiger partial charge in [-0.2, -0.15) is 0 Å². The molecule has 0 spiro atoms. The fourth-order valence-corrected chi connectivity index (χ4v) is 1.79. The second-order valence-electron chi connectivity index (χ2n) is 4.44. The predicted octanol–water partition coefficient (Wildman–Crippen LogP) is 2.79. The maximum Gasteiger partial charge on any atom is 0.337 e. The summed E-state index contributed by atoms with van der Waals surface area (Å²) >= 11 is 0. The van der Waals surface area contributed by atoms with Crippen molar-refractivity contribution in [3.63, 3.8) is 0 Å². The highest BCUT2D eigenvalue weighted by molar-refractivity contribution is 5.89. The third-order valence-electron chi connectivity index (χ3n) is 2.92. The van der Waals surface area contributed by atoms with E-state index < -0.39 is 0 Å². The first-order chi connectivity index (χ1) is 9.19. The second kappa shape index (κ2) is 5.94. The van der Waals surface area contributed by atoms with E-state index in [9.17, 15) is 4.79 Å². The maximum atomic E-state index is 11.2. The third kappa shape index (κ3) is 3.50. The molecule has 0 aliphatic heterocycles. The van der Waals surface area contributed by atoms with E-state index in [1.54, 1.807) is 24.3 Å². The molecule has 0 aromatic heterocycles. The summed E-state index contributed by atoms with van der Waals surface area (Å²) in [6, 6.07) is 6.96. The molecule has 1 aromatic rings. The zero-order valence-corrected chi connectivity index (χ0v) is 10.8. The van der Waals surface area contributed by atoms with Gasteiger partial charge in [0.25, 0.3) is 0 Å². The Morgan fingerprint density at radius 2 is 1.95 bits per heavy atom. The van der Waals surface area contributed by atoms with Gasteiger partial charge in [-0.05, 0) is 48.9 Å². The van der Waals surface area contributed by atoms with E-state index in [4.69, 9.17) is 0 Å². The number of allylic oxidation sites excluding steroid dienone is 1. The van der Waals surface area contributed by atoms with Gasteiger partial charge < -0.3 is 4.74 Å². The van der Waals surface area contributed by atoms with Crippen LogP contribution in [0.3, 0.4) is 0 Å². The largest absolute Gasteiger partial charge is 0.465 e. The number of methoxy groups -OCH3 is 1. The molecule has 19 heavy (non-hydrogen) atoms.